The standard InChI is InChI=1S/C33H55NO5/c1-29(2)25-10-8-20-22-17-24-21(7-9-23(38-24)28(35)30(3,4)36)31(22,5)13-14-32(20)19-33(25,32)12-11-26(29)39-27-18-34(6)15-16-37-27/h20-28,35-36H,7-19H2,1-6H3/t20?,21?,22?,23?,24?,25?,26?,27?,28?,31-,32+,33?/m1/s1. The van der Waals surface area contributed by atoms with Crippen LogP contribution in [0.25, 0.3) is 0 Å². The highest BCUT2D eigenvalue weighted by Gasteiger charge is 2.80. The summed E-state index contributed by atoms with van der Waals surface area (Å²) in [6.07, 6.45) is 11.9. The molecule has 0 amide bonds. The van der Waals surface area contributed by atoms with E-state index in [1.807, 2.05) is 0 Å². The van der Waals surface area contributed by atoms with E-state index in [1.54, 1.807) is 13.8 Å². The summed E-state index contributed by atoms with van der Waals surface area (Å²) in [6.45, 7) is 13.7. The highest BCUT2D eigenvalue weighted by atomic mass is 16.7. The molecule has 6 nitrogen and oxygen atoms in total. The number of hydrogen-bond acceptors (Lipinski definition) is 6. The third-order valence-corrected chi connectivity index (χ3v) is 14.2. The maximum absolute atomic E-state index is 10.8. The van der Waals surface area contributed by atoms with Crippen LogP contribution in [0.15, 0.2) is 0 Å². The van der Waals surface area contributed by atoms with E-state index in [2.05, 4.69) is 32.7 Å². The molecule has 2 saturated heterocycles. The van der Waals surface area contributed by atoms with Crippen LogP contribution in [0, 0.1) is 45.3 Å². The van der Waals surface area contributed by atoms with E-state index in [1.165, 1.54) is 44.9 Å². The van der Waals surface area contributed by atoms with E-state index in [4.69, 9.17) is 14.2 Å². The molecule has 12 atom stereocenters. The third-order valence-electron chi connectivity index (χ3n) is 14.2. The molecule has 5 aliphatic carbocycles. The van der Waals surface area contributed by atoms with Crippen molar-refractivity contribution in [1.29, 1.82) is 0 Å². The Hall–Kier alpha value is -0.240. The highest BCUT2D eigenvalue weighted by molar-refractivity contribution is 5.29. The van der Waals surface area contributed by atoms with Crippen LogP contribution >= 0.6 is 0 Å². The first-order valence-corrected chi connectivity index (χ1v) is 16.3. The van der Waals surface area contributed by atoms with Crippen LogP contribution < -0.4 is 0 Å². The minimum Gasteiger partial charge on any atom is -0.388 e. The van der Waals surface area contributed by atoms with Gasteiger partial charge in [0.05, 0.1) is 30.5 Å². The number of aliphatic hydroxyl groups excluding tert-OH is 1. The fourth-order valence-corrected chi connectivity index (χ4v) is 12.2. The van der Waals surface area contributed by atoms with Gasteiger partial charge in [0, 0.05) is 13.1 Å². The number of fused-ring (bicyclic) bond motifs is 4. The summed E-state index contributed by atoms with van der Waals surface area (Å²) in [4.78, 5) is 2.34. The van der Waals surface area contributed by atoms with Crippen molar-refractivity contribution in [3.63, 3.8) is 0 Å². The fraction of sp³-hybridized carbons (Fsp3) is 1.00. The average Bonchev–Trinajstić information content (AvgIpc) is 3.45. The molecule has 2 aliphatic heterocycles. The molecule has 0 radical (unpaired) electrons. The van der Waals surface area contributed by atoms with Gasteiger partial charge in [0.2, 0.25) is 0 Å². The molecule has 7 aliphatic rings. The number of rotatable bonds is 4. The van der Waals surface area contributed by atoms with Crippen LogP contribution in [0.2, 0.25) is 0 Å². The van der Waals surface area contributed by atoms with Gasteiger partial charge in [-0.15, -0.1) is 0 Å². The molecule has 0 aromatic carbocycles. The summed E-state index contributed by atoms with van der Waals surface area (Å²) in [6, 6.07) is 0. The molecule has 222 valence electrons. The maximum Gasteiger partial charge on any atom is 0.170 e. The Morgan fingerprint density at radius 2 is 1.72 bits per heavy atom. The first-order chi connectivity index (χ1) is 18.3. The summed E-state index contributed by atoms with van der Waals surface area (Å²) < 4.78 is 19.5. The van der Waals surface area contributed by atoms with Crippen molar-refractivity contribution in [2.45, 2.75) is 135 Å². The number of nitrogens with zero attached hydrogens (tertiary/aromatic N) is 1. The van der Waals surface area contributed by atoms with Crippen molar-refractivity contribution in [3.8, 4) is 0 Å². The topological polar surface area (TPSA) is 71.4 Å². The molecule has 39 heavy (non-hydrogen) atoms. The number of hydrogen-bond donors (Lipinski definition) is 2. The average molecular weight is 546 g/mol. The molecule has 6 heteroatoms. The second-order valence-electron chi connectivity index (χ2n) is 16.6. The first-order valence-electron chi connectivity index (χ1n) is 16.3. The molecule has 0 bridgehead atoms. The number of aliphatic hydroxyl groups is 2. The van der Waals surface area contributed by atoms with Gasteiger partial charge in [-0.1, -0.05) is 20.8 Å². The lowest BCUT2D eigenvalue weighted by atomic mass is 9.46. The largest absolute Gasteiger partial charge is 0.388 e. The van der Waals surface area contributed by atoms with E-state index in [0.29, 0.717) is 22.2 Å². The van der Waals surface area contributed by atoms with Gasteiger partial charge >= 0.3 is 0 Å². The van der Waals surface area contributed by atoms with Crippen LogP contribution in [0.4, 0.5) is 0 Å². The Morgan fingerprint density at radius 1 is 0.949 bits per heavy atom. The van der Waals surface area contributed by atoms with Gasteiger partial charge in [0.1, 0.15) is 6.10 Å². The lowest BCUT2D eigenvalue weighted by molar-refractivity contribution is -0.243. The molecule has 0 aromatic heterocycles. The lowest BCUT2D eigenvalue weighted by Gasteiger charge is -2.60. The quantitative estimate of drug-likeness (QED) is 0.518. The van der Waals surface area contributed by atoms with Crippen LogP contribution in [0.1, 0.15) is 98.8 Å². The zero-order chi connectivity index (χ0) is 27.6. The zero-order valence-corrected chi connectivity index (χ0v) is 25.5. The van der Waals surface area contributed by atoms with Crippen molar-refractivity contribution >= 4 is 0 Å². The molecule has 5 saturated carbocycles. The van der Waals surface area contributed by atoms with Crippen molar-refractivity contribution in [2.75, 3.05) is 26.7 Å². The molecule has 0 aromatic rings. The lowest BCUT2D eigenvalue weighted by Crippen LogP contribution is -2.56. The predicted molar refractivity (Wildman–Crippen MR) is 150 cm³/mol. The molecular formula is C33H55NO5. The summed E-state index contributed by atoms with van der Waals surface area (Å²) in [7, 11) is 2.17. The van der Waals surface area contributed by atoms with E-state index in [9.17, 15) is 10.2 Å². The van der Waals surface area contributed by atoms with Gasteiger partial charge in [0.25, 0.3) is 0 Å². The molecule has 2 N–H and O–H groups in total. The number of morpholine rings is 1. The van der Waals surface area contributed by atoms with Gasteiger partial charge < -0.3 is 24.4 Å². The summed E-state index contributed by atoms with van der Waals surface area (Å²) >= 11 is 0. The van der Waals surface area contributed by atoms with Gasteiger partial charge in [0.15, 0.2) is 6.29 Å². The summed E-state index contributed by atoms with van der Waals surface area (Å²) in [5.74, 6) is 2.91. The second kappa shape index (κ2) is 8.89. The van der Waals surface area contributed by atoms with E-state index in [0.717, 1.165) is 56.7 Å². The van der Waals surface area contributed by atoms with Crippen molar-refractivity contribution < 1.29 is 24.4 Å². The van der Waals surface area contributed by atoms with Crippen LogP contribution in [0.5, 0.6) is 0 Å². The minimum atomic E-state index is -1.12. The van der Waals surface area contributed by atoms with Crippen molar-refractivity contribution in [1.82, 2.24) is 4.90 Å². The van der Waals surface area contributed by atoms with Gasteiger partial charge in [-0.2, -0.15) is 0 Å². The Bertz CT molecular complexity index is 964. The van der Waals surface area contributed by atoms with Gasteiger partial charge in [-0.25, -0.2) is 0 Å². The molecule has 10 unspecified atom stereocenters. The SMILES string of the molecule is CN1CCOC(OC2CCC34C[C@]35CC[C@]3(C)C6CCC(C(O)C(C)(C)O)OC6CC3C5CCC4C2(C)C)C1. The predicted octanol–water partition coefficient (Wildman–Crippen LogP) is 5.00. The highest BCUT2D eigenvalue weighted by Crippen LogP contribution is 2.87. The summed E-state index contributed by atoms with van der Waals surface area (Å²) in [5.41, 5.74) is 0.467. The Balaban J connectivity index is 1.08. The Labute approximate surface area is 236 Å². The normalized spacial score (nSPS) is 53.5. The van der Waals surface area contributed by atoms with E-state index < -0.39 is 11.7 Å². The first kappa shape index (κ1) is 27.6. The van der Waals surface area contributed by atoms with Crippen LogP contribution in [-0.4, -0.2) is 78.2 Å². The second-order valence-corrected chi connectivity index (χ2v) is 16.6. The molecular weight excluding hydrogens is 490 g/mol. The van der Waals surface area contributed by atoms with E-state index >= 15 is 0 Å². The summed E-state index contributed by atoms with van der Waals surface area (Å²) in [5, 5.41) is 21.3. The zero-order valence-electron chi connectivity index (χ0n) is 25.5. The molecule has 7 fully saturated rings. The Morgan fingerprint density at radius 3 is 2.46 bits per heavy atom. The smallest absolute Gasteiger partial charge is 0.170 e. The molecule has 2 spiro atoms. The minimum absolute atomic E-state index is 0.0810. The number of likely N-dealkylation sites (N-methyl/N-ethyl adjacent to an activating group) is 1. The van der Waals surface area contributed by atoms with Gasteiger partial charge in [-0.05, 0) is 130 Å². The van der Waals surface area contributed by atoms with E-state index in [-0.39, 0.29) is 30.0 Å². The van der Waals surface area contributed by atoms with Crippen LogP contribution in [0.3, 0.4) is 0 Å². The van der Waals surface area contributed by atoms with Gasteiger partial charge in [-0.3, -0.25) is 4.90 Å². The maximum atomic E-state index is 10.8. The number of ether oxygens (including phenoxy) is 3. The molecule has 2 heterocycles. The third kappa shape index (κ3) is 3.87. The fourth-order valence-electron chi connectivity index (χ4n) is 12.2. The Kier molecular flexibility index (Phi) is 6.29. The molecule has 7 rings (SSSR count). The van der Waals surface area contributed by atoms with Crippen molar-refractivity contribution in [3.05, 3.63) is 0 Å². The van der Waals surface area contributed by atoms with Crippen LogP contribution in [-0.2, 0) is 14.2 Å². The monoisotopic (exact) mass is 545 g/mol. The van der Waals surface area contributed by atoms with Crippen molar-refractivity contribution in [2.24, 2.45) is 45.3 Å².